The van der Waals surface area contributed by atoms with Crippen LogP contribution in [-0.4, -0.2) is 26.8 Å². The van der Waals surface area contributed by atoms with E-state index in [1.54, 1.807) is 0 Å². The van der Waals surface area contributed by atoms with Gasteiger partial charge in [0.15, 0.2) is 0 Å². The number of hydrogen-bond donors (Lipinski definition) is 1. The summed E-state index contributed by atoms with van der Waals surface area (Å²) in [6.45, 7) is 1.99. The molecule has 0 aliphatic heterocycles. The first-order valence-corrected chi connectivity index (χ1v) is 6.13. The summed E-state index contributed by atoms with van der Waals surface area (Å²) in [4.78, 5) is 10.5. The number of carboxylic acids is 1. The van der Waals surface area contributed by atoms with Crippen LogP contribution in [0.15, 0.2) is 0 Å². The van der Waals surface area contributed by atoms with Gasteiger partial charge in [-0.3, -0.25) is 9.00 Å². The quantitative estimate of drug-likeness (QED) is 0.711. The Kier molecular flexibility index (Phi) is 3.47. The molecule has 13 heavy (non-hydrogen) atoms. The van der Waals surface area contributed by atoms with Gasteiger partial charge in [0.25, 0.3) is 0 Å². The Morgan fingerprint density at radius 2 is 2.15 bits per heavy atom. The summed E-state index contributed by atoms with van der Waals surface area (Å²) in [5.41, 5.74) is -0.105. The maximum Gasteiger partial charge on any atom is 0.303 e. The van der Waals surface area contributed by atoms with E-state index in [0.717, 1.165) is 19.3 Å². The smallest absolute Gasteiger partial charge is 0.303 e. The predicted octanol–water partition coefficient (Wildman–Crippen LogP) is 1.40. The van der Waals surface area contributed by atoms with Gasteiger partial charge >= 0.3 is 5.97 Å². The summed E-state index contributed by atoms with van der Waals surface area (Å²) in [7, 11) is -0.807. The van der Waals surface area contributed by atoms with E-state index in [-0.39, 0.29) is 11.8 Å². The third kappa shape index (κ3) is 3.46. The maximum atomic E-state index is 11.4. The largest absolute Gasteiger partial charge is 0.481 e. The van der Waals surface area contributed by atoms with Gasteiger partial charge in [-0.25, -0.2) is 0 Å². The molecule has 0 heterocycles. The molecule has 0 aromatic carbocycles. The minimum absolute atomic E-state index is 0.105. The van der Waals surface area contributed by atoms with E-state index in [2.05, 4.69) is 0 Å². The summed E-state index contributed by atoms with van der Waals surface area (Å²) in [5, 5.41) is 8.63. The van der Waals surface area contributed by atoms with Crippen molar-refractivity contribution in [2.45, 2.75) is 32.6 Å². The van der Waals surface area contributed by atoms with Crippen LogP contribution in [0.1, 0.15) is 32.6 Å². The zero-order valence-electron chi connectivity index (χ0n) is 7.91. The topological polar surface area (TPSA) is 54.4 Å². The van der Waals surface area contributed by atoms with Gasteiger partial charge in [-0.05, 0) is 24.7 Å². The molecule has 0 radical (unpaired) electrons. The minimum Gasteiger partial charge on any atom is -0.481 e. The van der Waals surface area contributed by atoms with Gasteiger partial charge in [-0.2, -0.15) is 0 Å². The highest BCUT2D eigenvalue weighted by atomic mass is 32.2. The average molecular weight is 204 g/mol. The van der Waals surface area contributed by atoms with Gasteiger partial charge in [0.2, 0.25) is 0 Å². The summed E-state index contributed by atoms with van der Waals surface area (Å²) in [6.07, 6.45) is 2.99. The van der Waals surface area contributed by atoms with Crippen molar-refractivity contribution in [1.82, 2.24) is 0 Å². The van der Waals surface area contributed by atoms with Crippen molar-refractivity contribution in [3.63, 3.8) is 0 Å². The zero-order chi connectivity index (χ0) is 9.90. The van der Waals surface area contributed by atoms with Crippen LogP contribution in [0.4, 0.5) is 0 Å². The van der Waals surface area contributed by atoms with E-state index in [9.17, 15) is 9.00 Å². The Labute approximate surface area is 81.0 Å². The molecule has 0 spiro atoms. The van der Waals surface area contributed by atoms with E-state index in [1.165, 1.54) is 0 Å². The van der Waals surface area contributed by atoms with Gasteiger partial charge in [0, 0.05) is 22.3 Å². The lowest BCUT2D eigenvalue weighted by Gasteiger charge is -2.10. The Hall–Kier alpha value is -0.380. The number of carboxylic acid groups (broad SMARTS) is 1. The minimum atomic E-state index is -0.807. The molecule has 0 aromatic heterocycles. The molecule has 1 rings (SSSR count). The number of aliphatic carboxylic acids is 1. The van der Waals surface area contributed by atoms with E-state index < -0.39 is 16.8 Å². The summed E-state index contributed by atoms with van der Waals surface area (Å²) in [5.74, 6) is 0.542. The van der Waals surface area contributed by atoms with E-state index in [1.807, 2.05) is 6.92 Å². The van der Waals surface area contributed by atoms with Crippen molar-refractivity contribution < 1.29 is 14.1 Å². The van der Waals surface area contributed by atoms with Crippen molar-refractivity contribution in [2.75, 3.05) is 11.5 Å². The Bertz CT molecular complexity index is 221. The van der Waals surface area contributed by atoms with Gasteiger partial charge in [-0.1, -0.05) is 6.92 Å². The monoisotopic (exact) mass is 204 g/mol. The van der Waals surface area contributed by atoms with Crippen molar-refractivity contribution in [2.24, 2.45) is 5.41 Å². The molecule has 1 fully saturated rings. The number of hydrogen-bond acceptors (Lipinski definition) is 2. The molecule has 0 saturated heterocycles. The summed E-state index contributed by atoms with van der Waals surface area (Å²) in [6, 6.07) is 0. The van der Waals surface area contributed by atoms with Gasteiger partial charge < -0.3 is 5.11 Å². The lowest BCUT2D eigenvalue weighted by atomic mass is 10.1. The molecule has 0 bridgehead atoms. The predicted molar refractivity (Wildman–Crippen MR) is 52.1 cm³/mol. The Balaban J connectivity index is 2.34. The molecular weight excluding hydrogens is 188 g/mol. The summed E-state index contributed by atoms with van der Waals surface area (Å²) < 4.78 is 11.4. The fourth-order valence-corrected chi connectivity index (χ4v) is 3.18. The second-order valence-electron chi connectivity index (χ2n) is 3.86. The van der Waals surface area contributed by atoms with Crippen molar-refractivity contribution in [3.8, 4) is 0 Å². The van der Waals surface area contributed by atoms with Gasteiger partial charge in [0.1, 0.15) is 0 Å². The highest BCUT2D eigenvalue weighted by Crippen LogP contribution is 2.49. The SMILES string of the molecule is CCCS(=O)CC1(CC(=O)O)CC1. The van der Waals surface area contributed by atoms with E-state index >= 15 is 0 Å². The highest BCUT2D eigenvalue weighted by molar-refractivity contribution is 7.85. The van der Waals surface area contributed by atoms with E-state index in [0.29, 0.717) is 11.5 Å². The summed E-state index contributed by atoms with van der Waals surface area (Å²) >= 11 is 0. The van der Waals surface area contributed by atoms with Crippen molar-refractivity contribution >= 4 is 16.8 Å². The van der Waals surface area contributed by atoms with E-state index in [4.69, 9.17) is 5.11 Å². The molecular formula is C9H16O3S. The molecule has 1 aliphatic carbocycles. The fourth-order valence-electron chi connectivity index (χ4n) is 1.51. The molecule has 1 unspecified atom stereocenters. The third-order valence-electron chi connectivity index (χ3n) is 2.38. The van der Waals surface area contributed by atoms with Crippen LogP contribution >= 0.6 is 0 Å². The molecule has 0 amide bonds. The zero-order valence-corrected chi connectivity index (χ0v) is 8.73. The normalized spacial score (nSPS) is 21.0. The molecule has 1 atom stereocenters. The van der Waals surface area contributed by atoms with Crippen molar-refractivity contribution in [3.05, 3.63) is 0 Å². The van der Waals surface area contributed by atoms with Crippen molar-refractivity contribution in [1.29, 1.82) is 0 Å². The van der Waals surface area contributed by atoms with Crippen LogP contribution in [0.2, 0.25) is 0 Å². The Morgan fingerprint density at radius 3 is 2.54 bits per heavy atom. The number of rotatable bonds is 6. The average Bonchev–Trinajstić information content (AvgIpc) is 2.67. The lowest BCUT2D eigenvalue weighted by molar-refractivity contribution is -0.138. The van der Waals surface area contributed by atoms with Crippen LogP contribution in [0.3, 0.4) is 0 Å². The molecule has 3 nitrogen and oxygen atoms in total. The lowest BCUT2D eigenvalue weighted by Crippen LogP contribution is -2.17. The molecule has 0 aromatic rings. The van der Waals surface area contributed by atoms with Crippen LogP contribution in [0.25, 0.3) is 0 Å². The number of carbonyl (C=O) groups is 1. The standard InChI is InChI=1S/C9H16O3S/c1-2-5-13(12)7-9(3-4-9)6-8(10)11/h2-7H2,1H3,(H,10,11). The second-order valence-corrected chi connectivity index (χ2v) is 5.44. The van der Waals surface area contributed by atoms with Crippen LogP contribution in [0, 0.1) is 5.41 Å². The van der Waals surface area contributed by atoms with Gasteiger partial charge in [0.05, 0.1) is 6.42 Å². The highest BCUT2D eigenvalue weighted by Gasteiger charge is 2.45. The molecule has 1 aliphatic rings. The first-order valence-electron chi connectivity index (χ1n) is 4.65. The first-order chi connectivity index (χ1) is 6.08. The second kappa shape index (κ2) is 4.22. The maximum absolute atomic E-state index is 11.4. The third-order valence-corrected chi connectivity index (χ3v) is 4.18. The molecule has 1 saturated carbocycles. The van der Waals surface area contributed by atoms with Crippen LogP contribution < -0.4 is 0 Å². The van der Waals surface area contributed by atoms with Crippen LogP contribution in [-0.2, 0) is 15.6 Å². The van der Waals surface area contributed by atoms with Crippen LogP contribution in [0.5, 0.6) is 0 Å². The first kappa shape index (κ1) is 10.7. The molecule has 76 valence electrons. The van der Waals surface area contributed by atoms with Gasteiger partial charge in [-0.15, -0.1) is 0 Å². The molecule has 1 N–H and O–H groups in total. The fraction of sp³-hybridized carbons (Fsp3) is 0.889. The Morgan fingerprint density at radius 1 is 1.54 bits per heavy atom. The molecule has 4 heteroatoms.